The lowest BCUT2D eigenvalue weighted by Crippen LogP contribution is -2.49. The number of amides is 1. The van der Waals surface area contributed by atoms with E-state index in [9.17, 15) is 18.4 Å². The average molecular weight is 348 g/mol. The molecule has 7 nitrogen and oxygen atoms in total. The highest BCUT2D eigenvalue weighted by molar-refractivity contribution is 5.94. The van der Waals surface area contributed by atoms with E-state index in [-0.39, 0.29) is 11.3 Å². The van der Waals surface area contributed by atoms with Crippen molar-refractivity contribution in [3.05, 3.63) is 53.2 Å². The van der Waals surface area contributed by atoms with Gasteiger partial charge in [0.2, 0.25) is 0 Å². The van der Waals surface area contributed by atoms with Crippen molar-refractivity contribution in [3.63, 3.8) is 0 Å². The molecule has 9 heteroatoms. The van der Waals surface area contributed by atoms with Crippen LogP contribution in [0.25, 0.3) is 0 Å². The van der Waals surface area contributed by atoms with E-state index in [4.69, 9.17) is 5.11 Å². The highest BCUT2D eigenvalue weighted by atomic mass is 19.1. The first-order valence-corrected chi connectivity index (χ1v) is 7.52. The van der Waals surface area contributed by atoms with Gasteiger partial charge in [0.05, 0.1) is 5.56 Å². The molecule has 2 aromatic rings. The SMILES string of the molecule is O=C(O)c1ccc(N2CCN(C(=O)c3cc(F)ccc3F)CC2)nn1. The maximum atomic E-state index is 13.7. The number of hydrogen-bond donors (Lipinski definition) is 1. The van der Waals surface area contributed by atoms with Crippen molar-refractivity contribution in [2.75, 3.05) is 31.1 Å². The number of carbonyl (C=O) groups is 2. The van der Waals surface area contributed by atoms with Gasteiger partial charge in [-0.25, -0.2) is 13.6 Å². The van der Waals surface area contributed by atoms with Crippen LogP contribution in [0.5, 0.6) is 0 Å². The Labute approximate surface area is 141 Å². The summed E-state index contributed by atoms with van der Waals surface area (Å²) < 4.78 is 27.0. The van der Waals surface area contributed by atoms with Crippen molar-refractivity contribution in [3.8, 4) is 0 Å². The molecule has 1 aromatic heterocycles. The second-order valence-electron chi connectivity index (χ2n) is 5.49. The Morgan fingerprint density at radius 2 is 1.72 bits per heavy atom. The van der Waals surface area contributed by atoms with Crippen molar-refractivity contribution in [2.24, 2.45) is 0 Å². The third-order valence-electron chi connectivity index (χ3n) is 3.92. The average Bonchev–Trinajstić information content (AvgIpc) is 2.63. The molecule has 1 aromatic carbocycles. The fourth-order valence-corrected chi connectivity index (χ4v) is 2.58. The van der Waals surface area contributed by atoms with Crippen LogP contribution in [-0.4, -0.2) is 58.3 Å². The molecule has 0 radical (unpaired) electrons. The predicted octanol–water partition coefficient (Wildman–Crippen LogP) is 1.42. The van der Waals surface area contributed by atoms with Gasteiger partial charge in [-0.05, 0) is 30.3 Å². The van der Waals surface area contributed by atoms with Gasteiger partial charge >= 0.3 is 5.97 Å². The number of hydrogen-bond acceptors (Lipinski definition) is 5. The summed E-state index contributed by atoms with van der Waals surface area (Å²) in [7, 11) is 0. The van der Waals surface area contributed by atoms with E-state index in [1.807, 2.05) is 4.90 Å². The van der Waals surface area contributed by atoms with Gasteiger partial charge in [0, 0.05) is 26.2 Å². The molecule has 0 bridgehead atoms. The van der Waals surface area contributed by atoms with Crippen LogP contribution in [0.15, 0.2) is 30.3 Å². The summed E-state index contributed by atoms with van der Waals surface area (Å²) in [5, 5.41) is 16.3. The largest absolute Gasteiger partial charge is 0.476 e. The maximum Gasteiger partial charge on any atom is 0.356 e. The first-order chi connectivity index (χ1) is 12.0. The summed E-state index contributed by atoms with van der Waals surface area (Å²) in [5.74, 6) is -2.66. The second kappa shape index (κ2) is 6.80. The molecular weight excluding hydrogens is 334 g/mol. The maximum absolute atomic E-state index is 13.7. The van der Waals surface area contributed by atoms with E-state index in [2.05, 4.69) is 10.2 Å². The van der Waals surface area contributed by atoms with Crippen LogP contribution in [-0.2, 0) is 0 Å². The number of carbonyl (C=O) groups excluding carboxylic acids is 1. The molecule has 3 rings (SSSR count). The van der Waals surface area contributed by atoms with Gasteiger partial charge in [-0.3, -0.25) is 4.79 Å². The van der Waals surface area contributed by atoms with Gasteiger partial charge in [-0.1, -0.05) is 0 Å². The van der Waals surface area contributed by atoms with Crippen molar-refractivity contribution in [1.29, 1.82) is 0 Å². The Balaban J connectivity index is 1.66. The van der Waals surface area contributed by atoms with Crippen molar-refractivity contribution < 1.29 is 23.5 Å². The van der Waals surface area contributed by atoms with Crippen LogP contribution in [0.2, 0.25) is 0 Å². The Kier molecular flexibility index (Phi) is 4.55. The molecule has 0 atom stereocenters. The van der Waals surface area contributed by atoms with Gasteiger partial charge < -0.3 is 14.9 Å². The van der Waals surface area contributed by atoms with Gasteiger partial charge in [0.1, 0.15) is 11.6 Å². The minimum absolute atomic E-state index is 0.154. The molecule has 0 saturated carbocycles. The molecule has 1 aliphatic rings. The van der Waals surface area contributed by atoms with E-state index in [0.29, 0.717) is 32.0 Å². The lowest BCUT2D eigenvalue weighted by atomic mass is 10.1. The summed E-state index contributed by atoms with van der Waals surface area (Å²) in [5.41, 5.74) is -0.446. The van der Waals surface area contributed by atoms with E-state index in [0.717, 1.165) is 18.2 Å². The summed E-state index contributed by atoms with van der Waals surface area (Å²) in [6.45, 7) is 1.45. The second-order valence-corrected chi connectivity index (χ2v) is 5.49. The van der Waals surface area contributed by atoms with E-state index in [1.54, 1.807) is 6.07 Å². The topological polar surface area (TPSA) is 86.6 Å². The van der Waals surface area contributed by atoms with Crippen molar-refractivity contribution in [1.82, 2.24) is 15.1 Å². The molecule has 0 spiro atoms. The molecule has 0 aliphatic carbocycles. The van der Waals surface area contributed by atoms with Gasteiger partial charge in [0.25, 0.3) is 5.91 Å². The third kappa shape index (κ3) is 3.54. The Morgan fingerprint density at radius 3 is 2.32 bits per heavy atom. The van der Waals surface area contributed by atoms with Crippen LogP contribution in [0, 0.1) is 11.6 Å². The fraction of sp³-hybridized carbons (Fsp3) is 0.250. The van der Waals surface area contributed by atoms with E-state index >= 15 is 0 Å². The number of nitrogens with zero attached hydrogens (tertiary/aromatic N) is 4. The Morgan fingerprint density at radius 1 is 1.00 bits per heavy atom. The van der Waals surface area contributed by atoms with Crippen LogP contribution >= 0.6 is 0 Å². The highest BCUT2D eigenvalue weighted by Crippen LogP contribution is 2.17. The van der Waals surface area contributed by atoms with Crippen LogP contribution in [0.4, 0.5) is 14.6 Å². The smallest absolute Gasteiger partial charge is 0.356 e. The van der Waals surface area contributed by atoms with Crippen LogP contribution in [0.3, 0.4) is 0 Å². The number of halogens is 2. The summed E-state index contributed by atoms with van der Waals surface area (Å²) in [6.07, 6.45) is 0. The number of anilines is 1. The molecular formula is C16H14F2N4O3. The quantitative estimate of drug-likeness (QED) is 0.903. The lowest BCUT2D eigenvalue weighted by Gasteiger charge is -2.35. The third-order valence-corrected chi connectivity index (χ3v) is 3.92. The number of rotatable bonds is 3. The van der Waals surface area contributed by atoms with E-state index < -0.39 is 23.5 Å². The lowest BCUT2D eigenvalue weighted by molar-refractivity contribution is 0.0687. The molecule has 1 saturated heterocycles. The normalized spacial score (nSPS) is 14.5. The fourth-order valence-electron chi connectivity index (χ4n) is 2.58. The molecule has 25 heavy (non-hydrogen) atoms. The summed E-state index contributed by atoms with van der Waals surface area (Å²) in [4.78, 5) is 26.4. The van der Waals surface area contributed by atoms with Gasteiger partial charge in [0.15, 0.2) is 11.5 Å². The number of aromatic nitrogens is 2. The minimum atomic E-state index is -1.16. The molecule has 130 valence electrons. The van der Waals surface area contributed by atoms with Gasteiger partial charge in [-0.2, -0.15) is 0 Å². The Bertz CT molecular complexity index is 806. The number of carboxylic acid groups (broad SMARTS) is 1. The van der Waals surface area contributed by atoms with Crippen LogP contribution < -0.4 is 4.90 Å². The number of benzene rings is 1. The molecule has 1 aliphatic heterocycles. The highest BCUT2D eigenvalue weighted by Gasteiger charge is 2.25. The van der Waals surface area contributed by atoms with Crippen molar-refractivity contribution >= 4 is 17.7 Å². The monoisotopic (exact) mass is 348 g/mol. The number of carboxylic acids is 1. The zero-order valence-corrected chi connectivity index (χ0v) is 13.0. The Hall–Kier alpha value is -3.10. The predicted molar refractivity (Wildman–Crippen MR) is 83.5 cm³/mol. The van der Waals surface area contributed by atoms with Crippen LogP contribution in [0.1, 0.15) is 20.8 Å². The summed E-state index contributed by atoms with van der Waals surface area (Å²) >= 11 is 0. The molecule has 1 N–H and O–H groups in total. The minimum Gasteiger partial charge on any atom is -0.476 e. The standard InChI is InChI=1S/C16H14F2N4O3/c17-10-1-2-12(18)11(9-10)15(23)22-7-5-21(6-8-22)14-4-3-13(16(24)25)19-20-14/h1-4,9H,5-8H2,(H,24,25). The van der Waals surface area contributed by atoms with Crippen molar-refractivity contribution in [2.45, 2.75) is 0 Å². The van der Waals surface area contributed by atoms with E-state index in [1.165, 1.54) is 11.0 Å². The zero-order valence-electron chi connectivity index (χ0n) is 13.0. The molecule has 1 amide bonds. The first-order valence-electron chi connectivity index (χ1n) is 7.52. The number of aromatic carboxylic acids is 1. The number of piperazine rings is 1. The van der Waals surface area contributed by atoms with Gasteiger partial charge in [-0.15, -0.1) is 10.2 Å². The molecule has 1 fully saturated rings. The first kappa shape index (κ1) is 16.7. The summed E-state index contributed by atoms with van der Waals surface area (Å²) in [6, 6.07) is 5.67. The zero-order chi connectivity index (χ0) is 18.0. The molecule has 0 unspecified atom stereocenters. The molecule has 2 heterocycles.